The summed E-state index contributed by atoms with van der Waals surface area (Å²) in [5.74, 6) is 1.96. The smallest absolute Gasteiger partial charge is 0.156 e. The van der Waals surface area contributed by atoms with Crippen LogP contribution in [0.15, 0.2) is 12.3 Å². The number of aryl methyl sites for hydroxylation is 1. The lowest BCUT2D eigenvalue weighted by Gasteiger charge is -2.37. The number of aromatic nitrogens is 3. The first-order valence-corrected chi connectivity index (χ1v) is 7.91. The molecule has 2 aromatic rings. The number of nitrogens with zero attached hydrogens (tertiary/aromatic N) is 4. The van der Waals surface area contributed by atoms with Gasteiger partial charge in [0.05, 0.1) is 5.52 Å². The third kappa shape index (κ3) is 2.20. The molecule has 2 fully saturated rings. The molecule has 1 N–H and O–H groups in total. The maximum Gasteiger partial charge on any atom is 0.156 e. The molecule has 0 bridgehead atoms. The number of piperidine rings is 1. The Morgan fingerprint density at radius 3 is 2.71 bits per heavy atom. The Labute approximate surface area is 125 Å². The number of H-pyrrole nitrogens is 1. The number of aromatic amines is 1. The lowest BCUT2D eigenvalue weighted by Crippen LogP contribution is -2.39. The number of hydrogen-bond donors (Lipinski definition) is 1. The van der Waals surface area contributed by atoms with Gasteiger partial charge in [0.1, 0.15) is 11.3 Å². The molecule has 0 aromatic carbocycles. The average molecular weight is 285 g/mol. The van der Waals surface area contributed by atoms with Gasteiger partial charge >= 0.3 is 0 Å². The minimum absolute atomic E-state index is 0.504. The van der Waals surface area contributed by atoms with Crippen molar-refractivity contribution in [2.45, 2.75) is 26.2 Å². The van der Waals surface area contributed by atoms with Gasteiger partial charge < -0.3 is 14.8 Å². The molecule has 2 aliphatic rings. The fourth-order valence-corrected chi connectivity index (χ4v) is 3.89. The minimum Gasteiger partial charge on any atom is -0.357 e. The number of hydrogen-bond acceptors (Lipinski definition) is 4. The van der Waals surface area contributed by atoms with Crippen molar-refractivity contribution in [3.63, 3.8) is 0 Å². The largest absolute Gasteiger partial charge is 0.357 e. The van der Waals surface area contributed by atoms with E-state index in [4.69, 9.17) is 4.98 Å². The average Bonchev–Trinajstić information content (AvgIpc) is 3.09. The van der Waals surface area contributed by atoms with Crippen molar-refractivity contribution in [3.05, 3.63) is 18.1 Å². The molecule has 0 aliphatic carbocycles. The Morgan fingerprint density at radius 1 is 1.14 bits per heavy atom. The van der Waals surface area contributed by atoms with Crippen LogP contribution in [0.3, 0.4) is 0 Å². The van der Waals surface area contributed by atoms with E-state index in [0.717, 1.165) is 35.8 Å². The Kier molecular flexibility index (Phi) is 2.92. The van der Waals surface area contributed by atoms with Gasteiger partial charge in [0, 0.05) is 19.3 Å². The van der Waals surface area contributed by atoms with Gasteiger partial charge in [0.2, 0.25) is 0 Å². The topological polar surface area (TPSA) is 48.1 Å². The van der Waals surface area contributed by atoms with Crippen LogP contribution < -0.4 is 4.90 Å². The van der Waals surface area contributed by atoms with Crippen molar-refractivity contribution in [3.8, 4) is 0 Å². The first-order chi connectivity index (χ1) is 10.2. The second kappa shape index (κ2) is 4.70. The zero-order valence-corrected chi connectivity index (χ0v) is 12.9. The highest BCUT2D eigenvalue weighted by molar-refractivity contribution is 5.86. The Hall–Kier alpha value is -1.62. The fraction of sp³-hybridized carbons (Fsp3) is 0.625. The van der Waals surface area contributed by atoms with Gasteiger partial charge in [-0.15, -0.1) is 0 Å². The van der Waals surface area contributed by atoms with Crippen LogP contribution in [-0.4, -0.2) is 53.1 Å². The molecule has 4 heterocycles. The van der Waals surface area contributed by atoms with Crippen molar-refractivity contribution in [1.82, 2.24) is 19.9 Å². The van der Waals surface area contributed by atoms with Gasteiger partial charge in [-0.05, 0) is 57.8 Å². The molecule has 2 aliphatic heterocycles. The van der Waals surface area contributed by atoms with Crippen LogP contribution in [0.5, 0.6) is 0 Å². The highest BCUT2D eigenvalue weighted by Crippen LogP contribution is 2.42. The van der Waals surface area contributed by atoms with Gasteiger partial charge in [-0.2, -0.15) is 0 Å². The maximum absolute atomic E-state index is 4.72. The standard InChI is InChI=1S/C16H23N5/c1-12-18-13-3-7-17-14(13)15(19-12)21-10-6-16(11-21)4-8-20(2)9-5-16/h3,7,17H,4-6,8-11H2,1-2H3. The van der Waals surface area contributed by atoms with Crippen molar-refractivity contribution < 1.29 is 0 Å². The minimum atomic E-state index is 0.504. The molecule has 5 heteroatoms. The third-order valence-corrected chi connectivity index (χ3v) is 5.28. The van der Waals surface area contributed by atoms with Gasteiger partial charge in [-0.25, -0.2) is 9.97 Å². The van der Waals surface area contributed by atoms with E-state index < -0.39 is 0 Å². The normalized spacial score (nSPS) is 22.5. The zero-order valence-electron chi connectivity index (χ0n) is 12.9. The number of fused-ring (bicyclic) bond motifs is 1. The highest BCUT2D eigenvalue weighted by Gasteiger charge is 2.40. The molecule has 2 saturated heterocycles. The van der Waals surface area contributed by atoms with E-state index in [1.54, 1.807) is 0 Å². The molecule has 4 rings (SSSR count). The molecule has 0 atom stereocenters. The molecule has 112 valence electrons. The second-order valence-corrected chi connectivity index (χ2v) is 6.81. The monoisotopic (exact) mass is 285 g/mol. The maximum atomic E-state index is 4.72. The molecule has 5 nitrogen and oxygen atoms in total. The van der Waals surface area contributed by atoms with E-state index >= 15 is 0 Å². The molecular weight excluding hydrogens is 262 g/mol. The summed E-state index contributed by atoms with van der Waals surface area (Å²) in [4.78, 5) is 17.5. The van der Waals surface area contributed by atoms with Crippen molar-refractivity contribution >= 4 is 16.9 Å². The molecule has 0 radical (unpaired) electrons. The molecular formula is C16H23N5. The summed E-state index contributed by atoms with van der Waals surface area (Å²) < 4.78 is 0. The van der Waals surface area contributed by atoms with Crippen LogP contribution in [0.25, 0.3) is 11.0 Å². The number of nitrogens with one attached hydrogen (secondary N) is 1. The van der Waals surface area contributed by atoms with E-state index in [-0.39, 0.29) is 0 Å². The molecule has 21 heavy (non-hydrogen) atoms. The lowest BCUT2D eigenvalue weighted by molar-refractivity contribution is 0.142. The summed E-state index contributed by atoms with van der Waals surface area (Å²) in [6, 6.07) is 2.04. The number of likely N-dealkylation sites (tertiary alicyclic amines) is 1. The summed E-state index contributed by atoms with van der Waals surface area (Å²) in [7, 11) is 2.23. The third-order valence-electron chi connectivity index (χ3n) is 5.28. The Morgan fingerprint density at radius 2 is 1.90 bits per heavy atom. The first-order valence-electron chi connectivity index (χ1n) is 7.91. The summed E-state index contributed by atoms with van der Waals surface area (Å²) in [5.41, 5.74) is 2.62. The fourth-order valence-electron chi connectivity index (χ4n) is 3.89. The number of rotatable bonds is 1. The van der Waals surface area contributed by atoms with Crippen LogP contribution in [0.4, 0.5) is 5.82 Å². The SMILES string of the molecule is Cc1nc(N2CCC3(CCN(C)CC3)C2)c2[nH]ccc2n1. The van der Waals surface area contributed by atoms with Gasteiger partial charge in [-0.3, -0.25) is 0 Å². The van der Waals surface area contributed by atoms with E-state index in [0.29, 0.717) is 5.41 Å². The Bertz CT molecular complexity index is 654. The first kappa shape index (κ1) is 13.1. The number of anilines is 1. The van der Waals surface area contributed by atoms with Crippen LogP contribution in [0.1, 0.15) is 25.1 Å². The molecule has 0 saturated carbocycles. The quantitative estimate of drug-likeness (QED) is 0.872. The predicted molar refractivity (Wildman–Crippen MR) is 84.6 cm³/mol. The van der Waals surface area contributed by atoms with Crippen molar-refractivity contribution in [2.75, 3.05) is 38.1 Å². The molecule has 2 aromatic heterocycles. The Balaban J connectivity index is 1.64. The zero-order chi connectivity index (χ0) is 14.4. The molecule has 1 spiro atoms. The summed E-state index contributed by atoms with van der Waals surface area (Å²) >= 11 is 0. The lowest BCUT2D eigenvalue weighted by atomic mass is 9.78. The van der Waals surface area contributed by atoms with E-state index in [1.807, 2.05) is 19.2 Å². The van der Waals surface area contributed by atoms with Crippen LogP contribution in [-0.2, 0) is 0 Å². The van der Waals surface area contributed by atoms with Gasteiger partial charge in [-0.1, -0.05) is 0 Å². The van der Waals surface area contributed by atoms with Crippen molar-refractivity contribution in [1.29, 1.82) is 0 Å². The second-order valence-electron chi connectivity index (χ2n) is 6.81. The van der Waals surface area contributed by atoms with E-state index in [1.165, 1.54) is 32.4 Å². The van der Waals surface area contributed by atoms with Crippen LogP contribution in [0, 0.1) is 12.3 Å². The van der Waals surface area contributed by atoms with E-state index in [2.05, 4.69) is 26.8 Å². The highest BCUT2D eigenvalue weighted by atomic mass is 15.2. The van der Waals surface area contributed by atoms with Crippen LogP contribution in [0.2, 0.25) is 0 Å². The summed E-state index contributed by atoms with van der Waals surface area (Å²) in [5, 5.41) is 0. The molecule has 0 amide bonds. The van der Waals surface area contributed by atoms with Gasteiger partial charge in [0.25, 0.3) is 0 Å². The molecule has 0 unspecified atom stereocenters. The summed E-state index contributed by atoms with van der Waals surface area (Å²) in [6.45, 7) is 6.71. The van der Waals surface area contributed by atoms with Gasteiger partial charge in [0.15, 0.2) is 5.82 Å². The predicted octanol–water partition coefficient (Wildman–Crippen LogP) is 2.19. The van der Waals surface area contributed by atoms with Crippen molar-refractivity contribution in [2.24, 2.45) is 5.41 Å². The van der Waals surface area contributed by atoms with Crippen LogP contribution >= 0.6 is 0 Å². The summed E-state index contributed by atoms with van der Waals surface area (Å²) in [6.07, 6.45) is 5.89. The van der Waals surface area contributed by atoms with E-state index in [9.17, 15) is 0 Å².